The standard InChI is InChI=1S/C31H42N4O2/c1-4-23(22-14-16-32-17-15-22)29-11-7-8-18-35(29)30(36)13-12-24-20(2)28(33-21(24)3)19-26-25-9-5-6-10-27(25)34-31(26)37/h5-6,9-10,19,22-23,29,32-33H,4,7-8,11-18H2,1-3H3,(H,34,37)/b26-19-. The van der Waals surface area contributed by atoms with E-state index < -0.39 is 0 Å². The molecule has 2 amide bonds. The van der Waals surface area contributed by atoms with Crippen LogP contribution >= 0.6 is 0 Å². The van der Waals surface area contributed by atoms with Crippen molar-refractivity contribution < 1.29 is 9.59 Å². The van der Waals surface area contributed by atoms with Gasteiger partial charge in [0.15, 0.2) is 0 Å². The number of anilines is 1. The van der Waals surface area contributed by atoms with Crippen LogP contribution in [0, 0.1) is 25.7 Å². The van der Waals surface area contributed by atoms with E-state index in [1.54, 1.807) is 0 Å². The number of para-hydroxylation sites is 1. The molecule has 0 aliphatic carbocycles. The van der Waals surface area contributed by atoms with Crippen LogP contribution in [0.4, 0.5) is 5.69 Å². The minimum atomic E-state index is -0.0695. The van der Waals surface area contributed by atoms with Crippen molar-refractivity contribution in [1.29, 1.82) is 0 Å². The minimum absolute atomic E-state index is 0.0695. The second-order valence-electron chi connectivity index (χ2n) is 11.1. The number of carbonyl (C=O) groups excluding carboxylic acids is 2. The Balaban J connectivity index is 1.30. The molecular weight excluding hydrogens is 460 g/mol. The first-order valence-electron chi connectivity index (χ1n) is 14.3. The van der Waals surface area contributed by atoms with Gasteiger partial charge in [0.05, 0.1) is 5.57 Å². The number of aromatic amines is 1. The topological polar surface area (TPSA) is 77.2 Å². The van der Waals surface area contributed by atoms with Crippen LogP contribution < -0.4 is 10.6 Å². The molecule has 3 N–H and O–H groups in total. The van der Waals surface area contributed by atoms with Gasteiger partial charge in [-0.1, -0.05) is 31.5 Å². The molecule has 1 aromatic carbocycles. The van der Waals surface area contributed by atoms with Gasteiger partial charge in [-0.25, -0.2) is 0 Å². The lowest BCUT2D eigenvalue weighted by Gasteiger charge is -2.44. The number of rotatable bonds is 7. The van der Waals surface area contributed by atoms with Crippen LogP contribution in [0.25, 0.3) is 11.6 Å². The van der Waals surface area contributed by atoms with Gasteiger partial charge >= 0.3 is 0 Å². The normalized spacial score (nSPS) is 22.2. The molecular formula is C31H42N4O2. The first-order chi connectivity index (χ1) is 18.0. The SMILES string of the molecule is CCC(C1CCNCC1)C1CCCCN1C(=O)CCc1c(C)[nH]c(/C=C2\C(=O)Nc3ccccc32)c1C. The number of aryl methyl sites for hydroxylation is 1. The second kappa shape index (κ2) is 11.3. The highest BCUT2D eigenvalue weighted by atomic mass is 16.2. The van der Waals surface area contributed by atoms with Gasteiger partial charge in [-0.3, -0.25) is 9.59 Å². The van der Waals surface area contributed by atoms with E-state index in [0.29, 0.717) is 29.9 Å². The number of likely N-dealkylation sites (tertiary alicyclic amines) is 1. The van der Waals surface area contributed by atoms with E-state index in [1.165, 1.54) is 24.8 Å². The van der Waals surface area contributed by atoms with Crippen LogP contribution in [0.5, 0.6) is 0 Å². The molecule has 37 heavy (non-hydrogen) atoms. The van der Waals surface area contributed by atoms with Gasteiger partial charge in [-0.2, -0.15) is 0 Å². The summed E-state index contributed by atoms with van der Waals surface area (Å²) in [5.74, 6) is 1.58. The number of piperidine rings is 2. The Labute approximate surface area is 221 Å². The van der Waals surface area contributed by atoms with Crippen molar-refractivity contribution in [2.24, 2.45) is 11.8 Å². The summed E-state index contributed by atoms with van der Waals surface area (Å²) < 4.78 is 0. The van der Waals surface area contributed by atoms with Crippen molar-refractivity contribution in [1.82, 2.24) is 15.2 Å². The smallest absolute Gasteiger partial charge is 0.256 e. The van der Waals surface area contributed by atoms with Gasteiger partial charge in [-0.15, -0.1) is 0 Å². The molecule has 0 bridgehead atoms. The molecule has 2 atom stereocenters. The zero-order valence-electron chi connectivity index (χ0n) is 22.7. The number of H-pyrrole nitrogens is 1. The third-order valence-corrected chi connectivity index (χ3v) is 9.04. The summed E-state index contributed by atoms with van der Waals surface area (Å²) in [6, 6.07) is 8.19. The lowest BCUT2D eigenvalue weighted by Crippen LogP contribution is -2.50. The van der Waals surface area contributed by atoms with Gasteiger partial charge in [0.25, 0.3) is 5.91 Å². The Bertz CT molecular complexity index is 1170. The zero-order valence-corrected chi connectivity index (χ0v) is 22.7. The molecule has 198 valence electrons. The van der Waals surface area contributed by atoms with Crippen molar-refractivity contribution in [3.05, 3.63) is 52.3 Å². The van der Waals surface area contributed by atoms with Crippen LogP contribution in [0.3, 0.4) is 0 Å². The first-order valence-corrected chi connectivity index (χ1v) is 14.3. The van der Waals surface area contributed by atoms with Crippen molar-refractivity contribution in [3.8, 4) is 0 Å². The molecule has 0 spiro atoms. The van der Waals surface area contributed by atoms with Crippen LogP contribution in [-0.2, 0) is 16.0 Å². The molecule has 2 fully saturated rings. The number of fused-ring (bicyclic) bond motifs is 1. The highest BCUT2D eigenvalue weighted by Gasteiger charge is 2.36. The minimum Gasteiger partial charge on any atom is -0.359 e. The predicted molar refractivity (Wildman–Crippen MR) is 150 cm³/mol. The van der Waals surface area contributed by atoms with Gasteiger partial charge in [0.1, 0.15) is 0 Å². The van der Waals surface area contributed by atoms with Crippen LogP contribution in [0.2, 0.25) is 0 Å². The van der Waals surface area contributed by atoms with E-state index in [1.807, 2.05) is 30.3 Å². The number of nitrogens with zero attached hydrogens (tertiary/aromatic N) is 1. The monoisotopic (exact) mass is 502 g/mol. The van der Waals surface area contributed by atoms with Gasteiger partial charge in [0.2, 0.25) is 5.91 Å². The van der Waals surface area contributed by atoms with E-state index in [9.17, 15) is 9.59 Å². The second-order valence-corrected chi connectivity index (χ2v) is 11.1. The summed E-state index contributed by atoms with van der Waals surface area (Å²) in [6.45, 7) is 9.62. The number of carbonyl (C=O) groups is 2. The lowest BCUT2D eigenvalue weighted by molar-refractivity contribution is -0.137. The van der Waals surface area contributed by atoms with E-state index in [4.69, 9.17) is 0 Å². The molecule has 3 aliphatic rings. The van der Waals surface area contributed by atoms with Crippen molar-refractivity contribution in [2.75, 3.05) is 25.0 Å². The maximum Gasteiger partial charge on any atom is 0.256 e. The number of amides is 2. The summed E-state index contributed by atoms with van der Waals surface area (Å²) in [7, 11) is 0. The van der Waals surface area contributed by atoms with E-state index in [2.05, 4.69) is 41.3 Å². The van der Waals surface area contributed by atoms with Crippen molar-refractivity contribution >= 4 is 29.2 Å². The molecule has 6 heteroatoms. The van der Waals surface area contributed by atoms with Gasteiger partial charge in [0, 0.05) is 41.6 Å². The summed E-state index contributed by atoms with van der Waals surface area (Å²) in [6.07, 6.45) is 10.4. The average Bonchev–Trinajstić information content (AvgIpc) is 3.38. The summed E-state index contributed by atoms with van der Waals surface area (Å²) in [4.78, 5) is 32.0. The maximum absolute atomic E-state index is 13.6. The fourth-order valence-corrected chi connectivity index (χ4v) is 7.04. The number of hydrogen-bond acceptors (Lipinski definition) is 3. The van der Waals surface area contributed by atoms with Crippen molar-refractivity contribution in [3.63, 3.8) is 0 Å². The Kier molecular flexibility index (Phi) is 7.84. The van der Waals surface area contributed by atoms with Crippen LogP contribution in [0.15, 0.2) is 24.3 Å². The fourth-order valence-electron chi connectivity index (χ4n) is 7.04. The Morgan fingerprint density at radius 2 is 1.92 bits per heavy atom. The third-order valence-electron chi connectivity index (χ3n) is 9.04. The number of aromatic nitrogens is 1. The van der Waals surface area contributed by atoms with E-state index in [-0.39, 0.29) is 5.91 Å². The Morgan fingerprint density at radius 1 is 1.14 bits per heavy atom. The fraction of sp³-hybridized carbons (Fsp3) is 0.548. The van der Waals surface area contributed by atoms with E-state index in [0.717, 1.165) is 79.4 Å². The summed E-state index contributed by atoms with van der Waals surface area (Å²) in [5.41, 5.74) is 6.84. The van der Waals surface area contributed by atoms with Gasteiger partial charge < -0.3 is 20.5 Å². The molecule has 1 aromatic heterocycles. The predicted octanol–water partition coefficient (Wildman–Crippen LogP) is 5.46. The quantitative estimate of drug-likeness (QED) is 0.440. The van der Waals surface area contributed by atoms with Gasteiger partial charge in [-0.05, 0) is 101 Å². The largest absolute Gasteiger partial charge is 0.359 e. The number of hydrogen-bond donors (Lipinski definition) is 3. The third kappa shape index (κ3) is 5.26. The van der Waals surface area contributed by atoms with Crippen LogP contribution in [0.1, 0.15) is 79.9 Å². The lowest BCUT2D eigenvalue weighted by atomic mass is 9.75. The molecule has 0 saturated carbocycles. The molecule has 0 radical (unpaired) electrons. The Morgan fingerprint density at radius 3 is 2.70 bits per heavy atom. The average molecular weight is 503 g/mol. The molecule has 2 aromatic rings. The Hall–Kier alpha value is -2.86. The molecule has 5 rings (SSSR count). The zero-order chi connectivity index (χ0) is 25.9. The van der Waals surface area contributed by atoms with Crippen LogP contribution in [-0.4, -0.2) is 47.4 Å². The molecule has 3 aliphatic heterocycles. The molecule has 2 unspecified atom stereocenters. The van der Waals surface area contributed by atoms with E-state index >= 15 is 0 Å². The summed E-state index contributed by atoms with van der Waals surface area (Å²) >= 11 is 0. The van der Waals surface area contributed by atoms with Crippen molar-refractivity contribution in [2.45, 2.75) is 78.2 Å². The molecule has 2 saturated heterocycles. The summed E-state index contributed by atoms with van der Waals surface area (Å²) in [5, 5.41) is 6.45. The molecule has 6 nitrogen and oxygen atoms in total. The number of nitrogens with one attached hydrogen (secondary N) is 3. The molecule has 4 heterocycles. The maximum atomic E-state index is 13.6. The highest BCUT2D eigenvalue weighted by molar-refractivity contribution is 6.34. The first kappa shape index (κ1) is 25.8. The number of benzene rings is 1. The highest BCUT2D eigenvalue weighted by Crippen LogP contribution is 2.36.